The fourth-order valence-corrected chi connectivity index (χ4v) is 1.76. The summed E-state index contributed by atoms with van der Waals surface area (Å²) < 4.78 is 0. The molecule has 1 unspecified atom stereocenters. The molecule has 1 heterocycles. The van der Waals surface area contributed by atoms with Gasteiger partial charge in [0.15, 0.2) is 5.00 Å². The number of hydrogen-bond acceptors (Lipinski definition) is 3. The van der Waals surface area contributed by atoms with Gasteiger partial charge in [-0.1, -0.05) is 17.7 Å². The summed E-state index contributed by atoms with van der Waals surface area (Å²) in [4.78, 5) is 3.26. The Kier molecular flexibility index (Phi) is 2.90. The van der Waals surface area contributed by atoms with Crippen molar-refractivity contribution in [1.82, 2.24) is 10.3 Å². The lowest BCUT2D eigenvalue weighted by Gasteiger charge is -2.19. The Morgan fingerprint density at radius 3 is 2.93 bits per heavy atom. The molecule has 0 amide bonds. The summed E-state index contributed by atoms with van der Waals surface area (Å²) in [6, 6.07) is 7.83. The monoisotopic (exact) mass is 221 g/mol. The largest absolute Gasteiger partial charge is 0.281 e. The van der Waals surface area contributed by atoms with E-state index < -0.39 is 5.00 Å². The second-order valence-corrected chi connectivity index (χ2v) is 4.37. The zero-order valence-electron chi connectivity index (χ0n) is 8.28. The van der Waals surface area contributed by atoms with E-state index in [0.29, 0.717) is 6.54 Å². The number of nitriles is 1. The predicted molar refractivity (Wildman–Crippen MR) is 58.0 cm³/mol. The Labute approximate surface area is 94.1 Å². The van der Waals surface area contributed by atoms with Crippen LogP contribution in [0.4, 0.5) is 0 Å². The highest BCUT2D eigenvalue weighted by Crippen LogP contribution is 2.41. The topological polar surface area (TPSA) is 48.7 Å². The number of nitrogens with one attached hydrogen (secondary N) is 1. The summed E-state index contributed by atoms with van der Waals surface area (Å²) in [7, 11) is 0. The van der Waals surface area contributed by atoms with Crippen molar-refractivity contribution in [2.75, 3.05) is 0 Å². The molecule has 1 aromatic heterocycles. The number of pyridine rings is 1. The van der Waals surface area contributed by atoms with Crippen LogP contribution >= 0.6 is 11.6 Å². The highest BCUT2D eigenvalue weighted by atomic mass is 35.5. The van der Waals surface area contributed by atoms with Gasteiger partial charge in [0.2, 0.25) is 0 Å². The molecule has 1 aliphatic carbocycles. The van der Waals surface area contributed by atoms with E-state index in [0.717, 1.165) is 18.5 Å². The zero-order valence-corrected chi connectivity index (χ0v) is 9.04. The summed E-state index contributed by atoms with van der Waals surface area (Å²) in [5.41, 5.74) is 0.901. The van der Waals surface area contributed by atoms with Gasteiger partial charge in [-0.05, 0) is 25.0 Å². The van der Waals surface area contributed by atoms with E-state index >= 15 is 0 Å². The fraction of sp³-hybridized carbons (Fsp3) is 0.455. The number of alkyl halides is 1. The van der Waals surface area contributed by atoms with Crippen molar-refractivity contribution < 1.29 is 0 Å². The van der Waals surface area contributed by atoms with E-state index in [4.69, 9.17) is 16.9 Å². The highest BCUT2D eigenvalue weighted by molar-refractivity contribution is 6.25. The van der Waals surface area contributed by atoms with E-state index in [1.807, 2.05) is 18.2 Å². The van der Waals surface area contributed by atoms with Crippen LogP contribution in [0, 0.1) is 17.2 Å². The average molecular weight is 222 g/mol. The van der Waals surface area contributed by atoms with Crippen LogP contribution in [0.3, 0.4) is 0 Å². The lowest BCUT2D eigenvalue weighted by molar-refractivity contribution is 0.489. The minimum atomic E-state index is -0.905. The molecule has 1 atom stereocenters. The van der Waals surface area contributed by atoms with Crippen LogP contribution in [0.25, 0.3) is 0 Å². The van der Waals surface area contributed by atoms with Crippen molar-refractivity contribution in [2.45, 2.75) is 24.4 Å². The molecule has 1 aliphatic rings. The summed E-state index contributed by atoms with van der Waals surface area (Å²) in [6.07, 6.45) is 3.80. The van der Waals surface area contributed by atoms with Gasteiger partial charge in [0, 0.05) is 18.7 Å². The molecule has 0 aliphatic heterocycles. The summed E-state index contributed by atoms with van der Waals surface area (Å²) in [5, 5.41) is 12.1. The van der Waals surface area contributed by atoms with Crippen LogP contribution in [0.1, 0.15) is 18.5 Å². The van der Waals surface area contributed by atoms with Crippen molar-refractivity contribution in [3.05, 3.63) is 30.1 Å². The normalized spacial score (nSPS) is 19.2. The Hall–Kier alpha value is -1.11. The van der Waals surface area contributed by atoms with Gasteiger partial charge in [0.25, 0.3) is 0 Å². The molecule has 0 aromatic carbocycles. The maximum absolute atomic E-state index is 9.01. The van der Waals surface area contributed by atoms with Crippen molar-refractivity contribution >= 4 is 11.6 Å². The molecule has 2 rings (SSSR count). The second kappa shape index (κ2) is 4.18. The molecule has 3 nitrogen and oxygen atoms in total. The zero-order chi connectivity index (χ0) is 10.7. The SMILES string of the molecule is N#CC(Cl)(NCc1ccccn1)C1CC1. The highest BCUT2D eigenvalue weighted by Gasteiger charge is 2.44. The average Bonchev–Trinajstić information content (AvgIpc) is 3.11. The molecule has 78 valence electrons. The molecule has 0 saturated heterocycles. The number of rotatable bonds is 4. The van der Waals surface area contributed by atoms with Crippen molar-refractivity contribution in [3.8, 4) is 6.07 Å². The second-order valence-electron chi connectivity index (χ2n) is 3.77. The van der Waals surface area contributed by atoms with E-state index in [2.05, 4.69) is 16.4 Å². The van der Waals surface area contributed by atoms with E-state index in [1.165, 1.54) is 0 Å². The van der Waals surface area contributed by atoms with Crippen LogP contribution in [-0.4, -0.2) is 9.98 Å². The van der Waals surface area contributed by atoms with Crippen LogP contribution in [0.2, 0.25) is 0 Å². The first kappa shape index (κ1) is 10.4. The van der Waals surface area contributed by atoms with E-state index in [9.17, 15) is 0 Å². The minimum Gasteiger partial charge on any atom is -0.281 e. The summed E-state index contributed by atoms with van der Waals surface area (Å²) in [5.74, 6) is 0.285. The Bertz CT molecular complexity index is 369. The Morgan fingerprint density at radius 1 is 1.60 bits per heavy atom. The molecule has 0 radical (unpaired) electrons. The van der Waals surface area contributed by atoms with E-state index in [1.54, 1.807) is 6.20 Å². The number of hydrogen-bond donors (Lipinski definition) is 1. The fourth-order valence-electron chi connectivity index (χ4n) is 1.48. The molecule has 1 N–H and O–H groups in total. The third kappa shape index (κ3) is 2.47. The first-order valence-electron chi connectivity index (χ1n) is 5.00. The number of nitrogens with zero attached hydrogens (tertiary/aromatic N) is 2. The van der Waals surface area contributed by atoms with Crippen LogP contribution < -0.4 is 5.32 Å². The van der Waals surface area contributed by atoms with Gasteiger partial charge in [0.1, 0.15) is 6.07 Å². The van der Waals surface area contributed by atoms with Gasteiger partial charge >= 0.3 is 0 Å². The van der Waals surface area contributed by atoms with Gasteiger partial charge in [-0.2, -0.15) is 5.26 Å². The molecule has 0 spiro atoms. The first-order chi connectivity index (χ1) is 7.24. The van der Waals surface area contributed by atoms with Gasteiger partial charge in [0.05, 0.1) is 5.69 Å². The van der Waals surface area contributed by atoms with Crippen molar-refractivity contribution in [2.24, 2.45) is 5.92 Å². The van der Waals surface area contributed by atoms with Gasteiger partial charge in [-0.25, -0.2) is 0 Å². The molecule has 4 heteroatoms. The van der Waals surface area contributed by atoms with Crippen LogP contribution in [0.15, 0.2) is 24.4 Å². The smallest absolute Gasteiger partial charge is 0.184 e. The maximum atomic E-state index is 9.01. The van der Waals surface area contributed by atoms with Crippen LogP contribution in [0.5, 0.6) is 0 Å². The summed E-state index contributed by atoms with van der Waals surface area (Å²) in [6.45, 7) is 0.536. The lowest BCUT2D eigenvalue weighted by atomic mass is 10.2. The lowest BCUT2D eigenvalue weighted by Crippen LogP contribution is -2.40. The Balaban J connectivity index is 1.95. The van der Waals surface area contributed by atoms with E-state index in [-0.39, 0.29) is 5.92 Å². The molecule has 1 aromatic rings. The van der Waals surface area contributed by atoms with Gasteiger partial charge in [-0.3, -0.25) is 10.3 Å². The molecule has 0 bridgehead atoms. The third-order valence-electron chi connectivity index (χ3n) is 2.56. The standard InChI is InChI=1S/C11H12ClN3/c12-11(8-13,9-4-5-9)15-7-10-3-1-2-6-14-10/h1-3,6,9,15H,4-5,7H2. The van der Waals surface area contributed by atoms with Crippen molar-refractivity contribution in [1.29, 1.82) is 5.26 Å². The third-order valence-corrected chi connectivity index (χ3v) is 3.08. The molecular weight excluding hydrogens is 210 g/mol. The molecular formula is C11H12ClN3. The number of halogens is 1. The summed E-state index contributed by atoms with van der Waals surface area (Å²) >= 11 is 6.17. The predicted octanol–water partition coefficient (Wildman–Crippen LogP) is 2.04. The van der Waals surface area contributed by atoms with Crippen molar-refractivity contribution in [3.63, 3.8) is 0 Å². The number of aromatic nitrogens is 1. The first-order valence-corrected chi connectivity index (χ1v) is 5.37. The van der Waals surface area contributed by atoms with Gasteiger partial charge in [-0.15, -0.1) is 0 Å². The quantitative estimate of drug-likeness (QED) is 0.625. The molecule has 15 heavy (non-hydrogen) atoms. The minimum absolute atomic E-state index is 0.285. The van der Waals surface area contributed by atoms with Gasteiger partial charge < -0.3 is 0 Å². The van der Waals surface area contributed by atoms with Crippen LogP contribution in [-0.2, 0) is 6.54 Å². The maximum Gasteiger partial charge on any atom is 0.184 e. The molecule has 1 fully saturated rings. The molecule has 1 saturated carbocycles. The Morgan fingerprint density at radius 2 is 2.40 bits per heavy atom.